The van der Waals surface area contributed by atoms with Crippen molar-refractivity contribution in [3.8, 4) is 5.75 Å². The average Bonchev–Trinajstić information content (AvgIpc) is 2.10. The van der Waals surface area contributed by atoms with Gasteiger partial charge in [-0.2, -0.15) is 0 Å². The Balaban J connectivity index is 2.40. The van der Waals surface area contributed by atoms with E-state index in [1.807, 2.05) is 26.0 Å². The Labute approximate surface area is 93.9 Å². The van der Waals surface area contributed by atoms with Crippen LogP contribution in [0.3, 0.4) is 0 Å². The maximum absolute atomic E-state index is 10.3. The van der Waals surface area contributed by atoms with E-state index in [0.29, 0.717) is 0 Å². The number of aryl methyl sites for hydroxylation is 2. The first-order valence-electron chi connectivity index (χ1n) is 4.55. The van der Waals surface area contributed by atoms with Crippen molar-refractivity contribution >= 4 is 16.8 Å². The van der Waals surface area contributed by atoms with Crippen LogP contribution in [0.2, 0.25) is 0 Å². The van der Waals surface area contributed by atoms with E-state index in [2.05, 4.69) is 6.07 Å². The molecule has 1 rings (SSSR count). The van der Waals surface area contributed by atoms with Crippen molar-refractivity contribution in [1.29, 1.82) is 0 Å². The van der Waals surface area contributed by atoms with Crippen LogP contribution in [0, 0.1) is 13.8 Å². The predicted octanol–water partition coefficient (Wildman–Crippen LogP) is 2.42. The monoisotopic (exact) mass is 228 g/mol. The van der Waals surface area contributed by atoms with Crippen LogP contribution in [-0.2, 0) is 9.53 Å². The predicted molar refractivity (Wildman–Crippen MR) is 58.2 cm³/mol. The van der Waals surface area contributed by atoms with Crippen LogP contribution in [0.25, 0.3) is 0 Å². The average molecular weight is 229 g/mol. The maximum Gasteiger partial charge on any atom is 0.247 e. The van der Waals surface area contributed by atoms with E-state index < -0.39 is 5.24 Å². The zero-order valence-corrected chi connectivity index (χ0v) is 9.50. The molecule has 0 saturated carbocycles. The Morgan fingerprint density at radius 1 is 1.27 bits per heavy atom. The summed E-state index contributed by atoms with van der Waals surface area (Å²) in [5, 5.41) is -0.529. The van der Waals surface area contributed by atoms with Gasteiger partial charge in [0.2, 0.25) is 5.24 Å². The van der Waals surface area contributed by atoms with Gasteiger partial charge >= 0.3 is 0 Å². The second kappa shape index (κ2) is 5.73. The van der Waals surface area contributed by atoms with E-state index in [4.69, 9.17) is 21.1 Å². The van der Waals surface area contributed by atoms with Gasteiger partial charge in [-0.15, -0.1) is 0 Å². The van der Waals surface area contributed by atoms with Gasteiger partial charge in [0.15, 0.2) is 6.79 Å². The fourth-order valence-electron chi connectivity index (χ4n) is 1.25. The summed E-state index contributed by atoms with van der Waals surface area (Å²) in [7, 11) is 0. The van der Waals surface area contributed by atoms with Crippen molar-refractivity contribution in [3.05, 3.63) is 29.3 Å². The molecule has 0 aliphatic rings. The van der Waals surface area contributed by atoms with Crippen LogP contribution in [0.1, 0.15) is 11.1 Å². The maximum atomic E-state index is 10.3. The van der Waals surface area contributed by atoms with E-state index in [-0.39, 0.29) is 13.4 Å². The van der Waals surface area contributed by atoms with Gasteiger partial charge < -0.3 is 9.47 Å². The van der Waals surface area contributed by atoms with Crippen LogP contribution >= 0.6 is 11.6 Å². The van der Waals surface area contributed by atoms with Crippen LogP contribution in [-0.4, -0.2) is 18.6 Å². The number of hydrogen-bond donors (Lipinski definition) is 0. The molecule has 0 aromatic heterocycles. The van der Waals surface area contributed by atoms with E-state index in [1.54, 1.807) is 0 Å². The molecule has 0 atom stereocenters. The number of ether oxygens (including phenoxy) is 2. The number of carbonyl (C=O) groups excluding carboxylic acids is 1. The second-order valence-corrected chi connectivity index (χ2v) is 3.71. The standard InChI is InChI=1S/C11H13ClO3/c1-8-3-9(2)5-10(4-8)15-7-14-6-11(12)13/h3-5H,6-7H2,1-2H3. The minimum atomic E-state index is -0.529. The number of hydrogen-bond acceptors (Lipinski definition) is 3. The lowest BCUT2D eigenvalue weighted by atomic mass is 10.1. The van der Waals surface area contributed by atoms with E-state index in [1.165, 1.54) is 0 Å². The fraction of sp³-hybridized carbons (Fsp3) is 0.364. The lowest BCUT2D eigenvalue weighted by Gasteiger charge is -2.07. The van der Waals surface area contributed by atoms with Crippen LogP contribution < -0.4 is 4.74 Å². The van der Waals surface area contributed by atoms with Gasteiger partial charge in [0.1, 0.15) is 12.4 Å². The zero-order chi connectivity index (χ0) is 11.3. The molecule has 0 radical (unpaired) electrons. The molecule has 3 nitrogen and oxygen atoms in total. The highest BCUT2D eigenvalue weighted by molar-refractivity contribution is 6.63. The molecule has 0 aliphatic heterocycles. The summed E-state index contributed by atoms with van der Waals surface area (Å²) >= 11 is 5.09. The summed E-state index contributed by atoms with van der Waals surface area (Å²) in [4.78, 5) is 10.3. The summed E-state index contributed by atoms with van der Waals surface area (Å²) in [6, 6.07) is 5.85. The molecule has 0 unspecified atom stereocenters. The summed E-state index contributed by atoms with van der Waals surface area (Å²) in [6.07, 6.45) is 0. The molecule has 0 saturated heterocycles. The third-order valence-corrected chi connectivity index (χ3v) is 1.83. The molecule has 82 valence electrons. The highest BCUT2D eigenvalue weighted by Gasteiger charge is 1.98. The first kappa shape index (κ1) is 12.0. The molecule has 15 heavy (non-hydrogen) atoms. The second-order valence-electron chi connectivity index (χ2n) is 3.29. The van der Waals surface area contributed by atoms with E-state index in [9.17, 15) is 4.79 Å². The largest absolute Gasteiger partial charge is 0.468 e. The van der Waals surface area contributed by atoms with Gasteiger partial charge in [0, 0.05) is 0 Å². The third kappa shape index (κ3) is 4.81. The number of carbonyl (C=O) groups is 1. The Morgan fingerprint density at radius 3 is 2.40 bits per heavy atom. The molecule has 0 N–H and O–H groups in total. The zero-order valence-electron chi connectivity index (χ0n) is 8.75. The van der Waals surface area contributed by atoms with Crippen molar-refractivity contribution in [3.63, 3.8) is 0 Å². The molecular weight excluding hydrogens is 216 g/mol. The van der Waals surface area contributed by atoms with Crippen molar-refractivity contribution in [2.75, 3.05) is 13.4 Å². The Bertz CT molecular complexity index is 329. The number of halogens is 1. The van der Waals surface area contributed by atoms with Crippen LogP contribution in [0.15, 0.2) is 18.2 Å². The first-order chi connectivity index (χ1) is 7.08. The lowest BCUT2D eigenvalue weighted by molar-refractivity contribution is -0.118. The highest BCUT2D eigenvalue weighted by atomic mass is 35.5. The Kier molecular flexibility index (Phi) is 4.59. The van der Waals surface area contributed by atoms with Crippen molar-refractivity contribution in [2.45, 2.75) is 13.8 Å². The molecule has 0 bridgehead atoms. The Morgan fingerprint density at radius 2 is 1.87 bits per heavy atom. The van der Waals surface area contributed by atoms with Gasteiger partial charge in [-0.3, -0.25) is 4.79 Å². The van der Waals surface area contributed by atoms with Gasteiger partial charge in [-0.1, -0.05) is 6.07 Å². The minimum absolute atomic E-state index is 0.0291. The first-order valence-corrected chi connectivity index (χ1v) is 4.93. The molecular formula is C11H13ClO3. The molecule has 0 heterocycles. The molecule has 4 heteroatoms. The summed E-state index contributed by atoms with van der Waals surface area (Å²) < 4.78 is 10.2. The van der Waals surface area contributed by atoms with Gasteiger partial charge in [0.25, 0.3) is 0 Å². The number of benzene rings is 1. The third-order valence-electron chi connectivity index (χ3n) is 1.72. The normalized spacial score (nSPS) is 10.1. The molecule has 0 amide bonds. The van der Waals surface area contributed by atoms with Crippen LogP contribution in [0.4, 0.5) is 0 Å². The molecule has 1 aromatic rings. The quantitative estimate of drug-likeness (QED) is 0.441. The smallest absolute Gasteiger partial charge is 0.247 e. The summed E-state index contributed by atoms with van der Waals surface area (Å²) in [6.45, 7) is 3.87. The molecule has 0 spiro atoms. The van der Waals surface area contributed by atoms with Crippen molar-refractivity contribution in [1.82, 2.24) is 0 Å². The van der Waals surface area contributed by atoms with Gasteiger partial charge in [-0.25, -0.2) is 0 Å². The Hall–Kier alpha value is -1.06. The fourth-order valence-corrected chi connectivity index (χ4v) is 1.33. The minimum Gasteiger partial charge on any atom is -0.468 e. The lowest BCUT2D eigenvalue weighted by Crippen LogP contribution is -2.08. The topological polar surface area (TPSA) is 35.5 Å². The molecule has 0 fully saturated rings. The van der Waals surface area contributed by atoms with Gasteiger partial charge in [0.05, 0.1) is 0 Å². The van der Waals surface area contributed by atoms with E-state index >= 15 is 0 Å². The van der Waals surface area contributed by atoms with Crippen molar-refractivity contribution < 1.29 is 14.3 Å². The van der Waals surface area contributed by atoms with E-state index in [0.717, 1.165) is 16.9 Å². The van der Waals surface area contributed by atoms with Crippen molar-refractivity contribution in [2.24, 2.45) is 0 Å². The van der Waals surface area contributed by atoms with Crippen LogP contribution in [0.5, 0.6) is 5.75 Å². The molecule has 0 aliphatic carbocycles. The summed E-state index contributed by atoms with van der Waals surface area (Å²) in [5.41, 5.74) is 2.25. The molecule has 1 aromatic carbocycles. The number of rotatable bonds is 5. The highest BCUT2D eigenvalue weighted by Crippen LogP contribution is 2.15. The SMILES string of the molecule is Cc1cc(C)cc(OCOCC(=O)Cl)c1. The summed E-state index contributed by atoms with van der Waals surface area (Å²) in [5.74, 6) is 0.731. The van der Waals surface area contributed by atoms with Gasteiger partial charge in [-0.05, 0) is 48.7 Å².